The summed E-state index contributed by atoms with van der Waals surface area (Å²) in [5, 5.41) is 20.6. The Balaban J connectivity index is 0.00000171. The summed E-state index contributed by atoms with van der Waals surface area (Å²) in [6.45, 7) is 4.62. The van der Waals surface area contributed by atoms with Crippen LogP contribution in [0.5, 0.6) is 11.5 Å². The van der Waals surface area contributed by atoms with E-state index in [0.29, 0.717) is 18.0 Å². The molecule has 0 aliphatic carbocycles. The highest BCUT2D eigenvalue weighted by Crippen LogP contribution is 2.33. The van der Waals surface area contributed by atoms with Crippen molar-refractivity contribution in [3.05, 3.63) is 106 Å². The van der Waals surface area contributed by atoms with E-state index in [0.717, 1.165) is 31.7 Å². The fraction of sp³-hybridized carbons (Fsp3) is 0.222. The highest BCUT2D eigenvalue weighted by molar-refractivity contribution is 5.87. The Kier molecular flexibility index (Phi) is 8.81. The van der Waals surface area contributed by atoms with Gasteiger partial charge in [-0.15, -0.1) is 0 Å². The largest absolute Gasteiger partial charge is 1.00 e. The van der Waals surface area contributed by atoms with Gasteiger partial charge < -0.3 is 49.2 Å². The van der Waals surface area contributed by atoms with Crippen LogP contribution in [0.1, 0.15) is 22.7 Å². The van der Waals surface area contributed by atoms with Crippen LogP contribution in [0, 0.1) is 0 Å². The number of rotatable bonds is 5. The van der Waals surface area contributed by atoms with Gasteiger partial charge in [0, 0.05) is 28.1 Å². The van der Waals surface area contributed by atoms with Crippen molar-refractivity contribution in [2.45, 2.75) is 12.6 Å². The minimum absolute atomic E-state index is 0. The van der Waals surface area contributed by atoms with E-state index in [-0.39, 0.29) is 41.9 Å². The van der Waals surface area contributed by atoms with Gasteiger partial charge in [0.15, 0.2) is 11.3 Å². The molecule has 2 heterocycles. The number of phenolic OH excluding ortho intramolecular Hbond substituents is 2. The van der Waals surface area contributed by atoms with E-state index in [1.165, 1.54) is 33.1 Å². The third-order valence-corrected chi connectivity index (χ3v) is 6.66. The number of nitrogens with one attached hydrogen (secondary N) is 2. The molecule has 1 aliphatic rings. The van der Waals surface area contributed by atoms with Crippen LogP contribution in [-0.2, 0) is 6.54 Å². The minimum atomic E-state index is -0.518. The molecule has 1 aliphatic heterocycles. The first-order valence-corrected chi connectivity index (χ1v) is 11.4. The van der Waals surface area contributed by atoms with E-state index < -0.39 is 5.63 Å². The maximum atomic E-state index is 12.1. The van der Waals surface area contributed by atoms with E-state index in [9.17, 15) is 15.0 Å². The molecule has 0 amide bonds. The lowest BCUT2D eigenvalue weighted by atomic mass is 9.96. The Morgan fingerprint density at radius 1 is 0.800 bits per heavy atom. The Morgan fingerprint density at radius 2 is 1.37 bits per heavy atom. The normalized spacial score (nSPS) is 17.5. The molecule has 184 valence electrons. The third kappa shape index (κ3) is 5.63. The molecular weight excluding hydrogens is 487 g/mol. The standard InChI is InChI=1S/C27H26N2O4.2ClH/c30-23-12-11-22-21(17-24(31)33-27(22)26(23)32)18-28-13-15-29(16-14-28)25(19-7-3-1-4-8-19)20-9-5-2-6-10-20;;/h1-12,17,25,30,32H,13-16,18H2;2*1H. The molecule has 6 nitrogen and oxygen atoms in total. The molecule has 5 rings (SSSR count). The van der Waals surface area contributed by atoms with Crippen LogP contribution in [0.4, 0.5) is 0 Å². The molecule has 1 aromatic heterocycles. The number of quaternary nitrogens is 2. The molecule has 0 radical (unpaired) electrons. The molecular formula is C27H28Cl2N2O4. The first-order valence-electron chi connectivity index (χ1n) is 11.4. The lowest BCUT2D eigenvalue weighted by Gasteiger charge is -2.35. The molecule has 3 aromatic carbocycles. The average Bonchev–Trinajstić information content (AvgIpc) is 2.84. The summed E-state index contributed by atoms with van der Waals surface area (Å²) < 4.78 is 5.17. The van der Waals surface area contributed by atoms with Gasteiger partial charge in [0.05, 0.1) is 0 Å². The molecule has 1 fully saturated rings. The molecule has 35 heavy (non-hydrogen) atoms. The average molecular weight is 515 g/mol. The Bertz CT molecular complexity index is 1270. The number of phenols is 2. The number of hydrogen-bond donors (Lipinski definition) is 4. The van der Waals surface area contributed by atoms with Gasteiger partial charge in [-0.2, -0.15) is 0 Å². The minimum Gasteiger partial charge on any atom is -1.00 e. The highest BCUT2D eigenvalue weighted by atomic mass is 35.5. The number of piperazine rings is 1. The van der Waals surface area contributed by atoms with Gasteiger partial charge in [-0.1, -0.05) is 60.7 Å². The Hall–Kier alpha value is -3.03. The van der Waals surface area contributed by atoms with E-state index in [2.05, 4.69) is 60.7 Å². The summed E-state index contributed by atoms with van der Waals surface area (Å²) in [6.07, 6.45) is 0. The fourth-order valence-electron chi connectivity index (χ4n) is 5.03. The van der Waals surface area contributed by atoms with Crippen molar-refractivity contribution in [1.29, 1.82) is 0 Å². The predicted octanol–water partition coefficient (Wildman–Crippen LogP) is -4.71. The smallest absolute Gasteiger partial charge is 0.336 e. The number of fused-ring (bicyclic) bond motifs is 1. The van der Waals surface area contributed by atoms with Gasteiger partial charge in [0.2, 0.25) is 5.75 Å². The van der Waals surface area contributed by atoms with E-state index in [1.54, 1.807) is 6.07 Å². The number of halogens is 2. The second-order valence-electron chi connectivity index (χ2n) is 8.74. The number of hydrogen-bond acceptors (Lipinski definition) is 4. The first-order chi connectivity index (χ1) is 16.1. The van der Waals surface area contributed by atoms with Gasteiger partial charge in [-0.25, -0.2) is 4.79 Å². The highest BCUT2D eigenvalue weighted by Gasteiger charge is 2.32. The lowest BCUT2D eigenvalue weighted by Crippen LogP contribution is -3.27. The maximum Gasteiger partial charge on any atom is 0.336 e. The van der Waals surface area contributed by atoms with E-state index in [4.69, 9.17) is 4.42 Å². The van der Waals surface area contributed by atoms with Crippen molar-refractivity contribution in [2.24, 2.45) is 0 Å². The molecule has 0 bridgehead atoms. The molecule has 0 saturated carbocycles. The van der Waals surface area contributed by atoms with Crippen LogP contribution in [-0.4, -0.2) is 36.4 Å². The Labute approximate surface area is 216 Å². The van der Waals surface area contributed by atoms with Crippen molar-refractivity contribution in [1.82, 2.24) is 0 Å². The molecule has 1 saturated heterocycles. The molecule has 0 spiro atoms. The predicted molar refractivity (Wildman–Crippen MR) is 126 cm³/mol. The van der Waals surface area contributed by atoms with E-state index in [1.807, 2.05) is 0 Å². The monoisotopic (exact) mass is 514 g/mol. The zero-order chi connectivity index (χ0) is 22.8. The van der Waals surface area contributed by atoms with Crippen molar-refractivity contribution in [3.63, 3.8) is 0 Å². The van der Waals surface area contributed by atoms with Crippen LogP contribution in [0.3, 0.4) is 0 Å². The SMILES string of the molecule is O=c1cc(C[NH+]2CC[NH+](C(c3ccccc3)c3ccccc3)CC2)c2ccc(O)c(O)c2o1.[Cl-].[Cl-]. The summed E-state index contributed by atoms with van der Waals surface area (Å²) >= 11 is 0. The summed E-state index contributed by atoms with van der Waals surface area (Å²) in [6, 6.07) is 26.3. The van der Waals surface area contributed by atoms with Crippen LogP contribution >= 0.6 is 0 Å². The van der Waals surface area contributed by atoms with Crippen LogP contribution in [0.2, 0.25) is 0 Å². The molecule has 0 unspecified atom stereocenters. The lowest BCUT2D eigenvalue weighted by molar-refractivity contribution is -1.03. The molecule has 4 aromatic rings. The third-order valence-electron chi connectivity index (χ3n) is 6.66. The summed E-state index contributed by atoms with van der Waals surface area (Å²) in [5.74, 6) is -0.676. The molecule has 0 atom stereocenters. The second-order valence-corrected chi connectivity index (χ2v) is 8.74. The zero-order valence-electron chi connectivity index (χ0n) is 19.1. The van der Waals surface area contributed by atoms with E-state index >= 15 is 0 Å². The van der Waals surface area contributed by atoms with Crippen LogP contribution in [0.25, 0.3) is 11.0 Å². The zero-order valence-corrected chi connectivity index (χ0v) is 20.6. The maximum absolute atomic E-state index is 12.1. The summed E-state index contributed by atoms with van der Waals surface area (Å²) in [5.41, 5.74) is 3.01. The van der Waals surface area contributed by atoms with Gasteiger partial charge in [-0.05, 0) is 12.1 Å². The van der Waals surface area contributed by atoms with Crippen LogP contribution in [0.15, 0.2) is 88.1 Å². The van der Waals surface area contributed by atoms with Gasteiger partial charge in [-0.3, -0.25) is 0 Å². The summed E-state index contributed by atoms with van der Waals surface area (Å²) in [4.78, 5) is 15.0. The second kappa shape index (κ2) is 11.6. The van der Waals surface area contributed by atoms with Gasteiger partial charge in [0.1, 0.15) is 38.8 Å². The van der Waals surface area contributed by atoms with Crippen molar-refractivity contribution in [2.75, 3.05) is 26.2 Å². The topological polar surface area (TPSA) is 79.6 Å². The quantitative estimate of drug-likeness (QED) is 0.159. The Morgan fingerprint density at radius 3 is 1.94 bits per heavy atom. The van der Waals surface area contributed by atoms with Gasteiger partial charge in [0.25, 0.3) is 0 Å². The first kappa shape index (κ1) is 26.6. The van der Waals surface area contributed by atoms with Crippen LogP contribution < -0.4 is 40.2 Å². The fourth-order valence-corrected chi connectivity index (χ4v) is 5.03. The molecule has 8 heteroatoms. The number of benzene rings is 3. The van der Waals surface area contributed by atoms with Gasteiger partial charge >= 0.3 is 5.63 Å². The number of aromatic hydroxyl groups is 2. The van der Waals surface area contributed by atoms with Crippen molar-refractivity contribution >= 4 is 11.0 Å². The summed E-state index contributed by atoms with van der Waals surface area (Å²) in [7, 11) is 0. The molecule has 4 N–H and O–H groups in total. The van der Waals surface area contributed by atoms with Crippen molar-refractivity contribution < 1.29 is 49.2 Å². The van der Waals surface area contributed by atoms with Crippen molar-refractivity contribution in [3.8, 4) is 11.5 Å².